The van der Waals surface area contributed by atoms with Gasteiger partial charge in [-0.2, -0.15) is 11.8 Å². The molecule has 0 saturated carbocycles. The zero-order chi connectivity index (χ0) is 12.7. The molecule has 1 rings (SSSR count). The molecule has 17 heavy (non-hydrogen) atoms. The van der Waals surface area contributed by atoms with E-state index in [1.54, 1.807) is 6.08 Å². The van der Waals surface area contributed by atoms with Crippen molar-refractivity contribution in [2.45, 2.75) is 25.7 Å². The summed E-state index contributed by atoms with van der Waals surface area (Å²) in [7, 11) is 0. The first-order chi connectivity index (χ1) is 8.14. The third kappa shape index (κ3) is 4.03. The van der Waals surface area contributed by atoms with Gasteiger partial charge in [0.1, 0.15) is 0 Å². The number of carbonyl (C=O) groups is 1. The van der Waals surface area contributed by atoms with E-state index in [9.17, 15) is 9.90 Å². The summed E-state index contributed by atoms with van der Waals surface area (Å²) in [5.41, 5.74) is -0.584. The minimum absolute atomic E-state index is 0.584. The van der Waals surface area contributed by atoms with E-state index >= 15 is 0 Å². The molecule has 1 fully saturated rings. The molecule has 0 aromatic carbocycles. The van der Waals surface area contributed by atoms with Gasteiger partial charge < -0.3 is 10.0 Å². The number of allylic oxidation sites excluding steroid dienone is 1. The van der Waals surface area contributed by atoms with Gasteiger partial charge >= 0.3 is 5.97 Å². The van der Waals surface area contributed by atoms with Crippen molar-refractivity contribution in [2.75, 3.05) is 31.6 Å². The second kappa shape index (κ2) is 7.07. The van der Waals surface area contributed by atoms with E-state index in [1.807, 2.05) is 11.8 Å². The molecule has 1 saturated heterocycles. The van der Waals surface area contributed by atoms with Crippen LogP contribution >= 0.6 is 11.8 Å². The maximum atomic E-state index is 11.5. The number of likely N-dealkylation sites (tertiary alicyclic amines) is 1. The van der Waals surface area contributed by atoms with Crippen LogP contribution in [0.2, 0.25) is 0 Å². The van der Waals surface area contributed by atoms with Crippen LogP contribution in [-0.2, 0) is 4.79 Å². The van der Waals surface area contributed by atoms with Gasteiger partial charge in [0.15, 0.2) is 0 Å². The number of nitrogens with zero attached hydrogens (tertiary/aromatic N) is 1. The topological polar surface area (TPSA) is 40.5 Å². The number of aliphatic carboxylic acids is 1. The van der Waals surface area contributed by atoms with Crippen LogP contribution < -0.4 is 0 Å². The molecule has 1 aliphatic rings. The molecule has 1 atom stereocenters. The number of thioether (sulfide) groups is 1. The predicted octanol–water partition coefficient (Wildman–Crippen LogP) is 2.48. The molecule has 0 amide bonds. The molecule has 0 aromatic heterocycles. The third-order valence-electron chi connectivity index (χ3n) is 3.47. The van der Waals surface area contributed by atoms with Crippen LogP contribution in [0.25, 0.3) is 0 Å². The zero-order valence-corrected chi connectivity index (χ0v) is 11.5. The van der Waals surface area contributed by atoms with E-state index in [-0.39, 0.29) is 0 Å². The van der Waals surface area contributed by atoms with Crippen molar-refractivity contribution >= 4 is 17.7 Å². The summed E-state index contributed by atoms with van der Waals surface area (Å²) < 4.78 is 0. The summed E-state index contributed by atoms with van der Waals surface area (Å²) in [6.07, 6.45) is 7.36. The SMILES string of the molecule is C=CC[C@@]1(C(=O)O)CCCN(CCCSC)C1. The summed E-state index contributed by atoms with van der Waals surface area (Å²) in [5.74, 6) is 0.491. The first-order valence-corrected chi connectivity index (χ1v) is 7.59. The Morgan fingerprint density at radius 2 is 2.41 bits per heavy atom. The Balaban J connectivity index is 2.55. The van der Waals surface area contributed by atoms with Gasteiger partial charge in [-0.05, 0) is 50.8 Å². The van der Waals surface area contributed by atoms with E-state index in [0.717, 1.165) is 38.1 Å². The second-order valence-electron chi connectivity index (χ2n) is 4.80. The molecule has 4 heteroatoms. The van der Waals surface area contributed by atoms with Crippen molar-refractivity contribution in [3.63, 3.8) is 0 Å². The lowest BCUT2D eigenvalue weighted by Gasteiger charge is -2.39. The highest BCUT2D eigenvalue weighted by Gasteiger charge is 2.40. The van der Waals surface area contributed by atoms with Crippen LogP contribution in [0.4, 0.5) is 0 Å². The highest BCUT2D eigenvalue weighted by atomic mass is 32.2. The van der Waals surface area contributed by atoms with Gasteiger partial charge in [0.05, 0.1) is 5.41 Å². The molecule has 3 nitrogen and oxygen atoms in total. The lowest BCUT2D eigenvalue weighted by atomic mass is 9.77. The third-order valence-corrected chi connectivity index (χ3v) is 4.16. The molecule has 0 unspecified atom stereocenters. The Labute approximate surface area is 108 Å². The summed E-state index contributed by atoms with van der Waals surface area (Å²) in [5, 5.41) is 9.43. The van der Waals surface area contributed by atoms with Crippen LogP contribution in [0.1, 0.15) is 25.7 Å². The van der Waals surface area contributed by atoms with Crippen LogP contribution in [0.15, 0.2) is 12.7 Å². The van der Waals surface area contributed by atoms with Crippen LogP contribution in [0, 0.1) is 5.41 Å². The molecule has 98 valence electrons. The Hall–Kier alpha value is -0.480. The van der Waals surface area contributed by atoms with E-state index in [2.05, 4.69) is 17.7 Å². The number of piperidine rings is 1. The number of hydrogen-bond acceptors (Lipinski definition) is 3. The Bertz CT molecular complexity index is 270. The van der Waals surface area contributed by atoms with Crippen LogP contribution in [0.3, 0.4) is 0 Å². The smallest absolute Gasteiger partial charge is 0.311 e. The molecule has 1 aliphatic heterocycles. The van der Waals surface area contributed by atoms with Crippen molar-refractivity contribution in [3.05, 3.63) is 12.7 Å². The first-order valence-electron chi connectivity index (χ1n) is 6.20. The fourth-order valence-electron chi connectivity index (χ4n) is 2.56. The number of carboxylic acids is 1. The molecule has 0 aliphatic carbocycles. The maximum absolute atomic E-state index is 11.5. The fraction of sp³-hybridized carbons (Fsp3) is 0.769. The number of carboxylic acid groups (broad SMARTS) is 1. The summed E-state index contributed by atoms with van der Waals surface area (Å²) >= 11 is 1.85. The average Bonchev–Trinajstić information content (AvgIpc) is 2.30. The van der Waals surface area contributed by atoms with Gasteiger partial charge in [0.2, 0.25) is 0 Å². The van der Waals surface area contributed by atoms with Crippen LogP contribution in [0.5, 0.6) is 0 Å². The van der Waals surface area contributed by atoms with E-state index in [4.69, 9.17) is 0 Å². The summed E-state index contributed by atoms with van der Waals surface area (Å²) in [4.78, 5) is 13.8. The standard InChI is InChI=1S/C13H23NO2S/c1-3-6-13(12(15)16)7-4-8-14(11-13)9-5-10-17-2/h3H,1,4-11H2,2H3,(H,15,16)/t13-/m1/s1. The van der Waals surface area contributed by atoms with Crippen molar-refractivity contribution < 1.29 is 9.90 Å². The average molecular weight is 257 g/mol. The van der Waals surface area contributed by atoms with Gasteiger partial charge in [-0.25, -0.2) is 0 Å². The molecule has 1 N–H and O–H groups in total. The number of rotatable bonds is 7. The van der Waals surface area contributed by atoms with Gasteiger partial charge in [0.25, 0.3) is 0 Å². The molecule has 0 bridgehead atoms. The Morgan fingerprint density at radius 3 is 3.00 bits per heavy atom. The molecule has 1 heterocycles. The molecule has 0 radical (unpaired) electrons. The molecule has 0 spiro atoms. The Kier molecular flexibility index (Phi) is 6.06. The first kappa shape index (κ1) is 14.6. The highest BCUT2D eigenvalue weighted by molar-refractivity contribution is 7.98. The van der Waals surface area contributed by atoms with E-state index in [0.29, 0.717) is 13.0 Å². The van der Waals surface area contributed by atoms with Crippen molar-refractivity contribution in [2.24, 2.45) is 5.41 Å². The van der Waals surface area contributed by atoms with Gasteiger partial charge in [-0.1, -0.05) is 6.08 Å². The van der Waals surface area contributed by atoms with E-state index < -0.39 is 11.4 Å². The lowest BCUT2D eigenvalue weighted by Crippen LogP contribution is -2.47. The minimum Gasteiger partial charge on any atom is -0.481 e. The van der Waals surface area contributed by atoms with Crippen molar-refractivity contribution in [1.29, 1.82) is 0 Å². The van der Waals surface area contributed by atoms with E-state index in [1.165, 1.54) is 0 Å². The molecular formula is C13H23NO2S. The van der Waals surface area contributed by atoms with Crippen molar-refractivity contribution in [3.8, 4) is 0 Å². The summed E-state index contributed by atoms with van der Waals surface area (Å²) in [6, 6.07) is 0. The fourth-order valence-corrected chi connectivity index (χ4v) is 2.97. The Morgan fingerprint density at radius 1 is 1.65 bits per heavy atom. The minimum atomic E-state index is -0.660. The largest absolute Gasteiger partial charge is 0.481 e. The van der Waals surface area contributed by atoms with Gasteiger partial charge in [-0.15, -0.1) is 6.58 Å². The monoisotopic (exact) mass is 257 g/mol. The molecule has 0 aromatic rings. The molecular weight excluding hydrogens is 234 g/mol. The quantitative estimate of drug-likeness (QED) is 0.562. The number of hydrogen-bond donors (Lipinski definition) is 1. The maximum Gasteiger partial charge on any atom is 0.311 e. The predicted molar refractivity (Wildman–Crippen MR) is 73.6 cm³/mol. The van der Waals surface area contributed by atoms with Crippen LogP contribution in [-0.4, -0.2) is 47.6 Å². The lowest BCUT2D eigenvalue weighted by molar-refractivity contribution is -0.152. The normalized spacial score (nSPS) is 25.7. The van der Waals surface area contributed by atoms with Gasteiger partial charge in [-0.3, -0.25) is 4.79 Å². The highest BCUT2D eigenvalue weighted by Crippen LogP contribution is 2.34. The van der Waals surface area contributed by atoms with Crippen molar-refractivity contribution in [1.82, 2.24) is 4.90 Å². The summed E-state index contributed by atoms with van der Waals surface area (Å²) in [6.45, 7) is 6.44. The second-order valence-corrected chi connectivity index (χ2v) is 5.79. The zero-order valence-electron chi connectivity index (χ0n) is 10.7. The van der Waals surface area contributed by atoms with Gasteiger partial charge in [0, 0.05) is 6.54 Å².